The Labute approximate surface area is 190 Å². The molecule has 1 aromatic rings. The standard InChI is InChI=1S/C21H28F3N3O5S/c1-20(2,3)17(26-19(29)30)18(28)25-16-9-4-12-10-27(11-15(12)16)33(31,32)14-7-5-13(6-8-14)21(22,23)24/h5-8,12,15-17,26H,4,9-11H2,1-3H3,(H,25,28)(H,29,30)/t12-,15+,16+,17-/m1/s1. The van der Waals surface area contributed by atoms with E-state index in [1.807, 2.05) is 0 Å². The number of amides is 2. The lowest BCUT2D eigenvalue weighted by Crippen LogP contribution is -2.56. The Morgan fingerprint density at radius 3 is 2.21 bits per heavy atom. The Balaban J connectivity index is 1.71. The van der Waals surface area contributed by atoms with E-state index in [1.54, 1.807) is 20.8 Å². The molecule has 8 nitrogen and oxygen atoms in total. The highest BCUT2D eigenvalue weighted by Crippen LogP contribution is 2.40. The molecule has 2 fully saturated rings. The zero-order valence-corrected chi connectivity index (χ0v) is 19.3. The first-order chi connectivity index (χ1) is 15.1. The van der Waals surface area contributed by atoms with Gasteiger partial charge in [0, 0.05) is 19.1 Å². The van der Waals surface area contributed by atoms with E-state index >= 15 is 0 Å². The molecule has 2 amide bonds. The summed E-state index contributed by atoms with van der Waals surface area (Å²) >= 11 is 0. The topological polar surface area (TPSA) is 116 Å². The molecule has 0 radical (unpaired) electrons. The lowest BCUT2D eigenvalue weighted by molar-refractivity contribution is -0.137. The Bertz CT molecular complexity index is 1010. The number of fused-ring (bicyclic) bond motifs is 1. The summed E-state index contributed by atoms with van der Waals surface area (Å²) in [5.41, 5.74) is -1.60. The van der Waals surface area contributed by atoms with Crippen molar-refractivity contribution in [2.75, 3.05) is 13.1 Å². The highest BCUT2D eigenvalue weighted by Gasteiger charge is 2.47. The van der Waals surface area contributed by atoms with Gasteiger partial charge in [-0.3, -0.25) is 4.79 Å². The van der Waals surface area contributed by atoms with Gasteiger partial charge in [-0.2, -0.15) is 17.5 Å². The molecule has 2 aliphatic rings. The highest BCUT2D eigenvalue weighted by atomic mass is 32.2. The molecule has 33 heavy (non-hydrogen) atoms. The number of carbonyl (C=O) groups excluding carboxylic acids is 1. The molecule has 0 spiro atoms. The van der Waals surface area contributed by atoms with Crippen LogP contribution >= 0.6 is 0 Å². The first-order valence-electron chi connectivity index (χ1n) is 10.6. The van der Waals surface area contributed by atoms with Crippen molar-refractivity contribution >= 4 is 22.0 Å². The number of hydrogen-bond acceptors (Lipinski definition) is 4. The number of carboxylic acid groups (broad SMARTS) is 1. The van der Waals surface area contributed by atoms with Crippen LogP contribution in [0.25, 0.3) is 0 Å². The Morgan fingerprint density at radius 1 is 1.09 bits per heavy atom. The summed E-state index contributed by atoms with van der Waals surface area (Å²) in [6, 6.07) is 2.09. The van der Waals surface area contributed by atoms with Gasteiger partial charge in [0.25, 0.3) is 0 Å². The van der Waals surface area contributed by atoms with Crippen molar-refractivity contribution < 1.29 is 36.3 Å². The van der Waals surface area contributed by atoms with Gasteiger partial charge in [0.05, 0.1) is 10.5 Å². The van der Waals surface area contributed by atoms with Crippen LogP contribution in [0.4, 0.5) is 18.0 Å². The SMILES string of the molecule is CC(C)(C)[C@H](NC(=O)O)C(=O)N[C@H]1CC[C@@H]2CN(S(=O)(=O)c3ccc(C(F)(F)F)cc3)C[C@@H]21. The Hall–Kier alpha value is -2.34. The molecule has 4 atom stereocenters. The molecule has 0 aromatic heterocycles. The van der Waals surface area contributed by atoms with Crippen molar-refractivity contribution in [2.24, 2.45) is 17.3 Å². The average Bonchev–Trinajstić information content (AvgIpc) is 3.27. The van der Waals surface area contributed by atoms with Crippen molar-refractivity contribution in [3.8, 4) is 0 Å². The van der Waals surface area contributed by atoms with Gasteiger partial charge in [-0.1, -0.05) is 20.8 Å². The number of sulfonamides is 1. The fourth-order valence-electron chi connectivity index (χ4n) is 4.63. The fraction of sp³-hybridized carbons (Fsp3) is 0.619. The maximum atomic E-state index is 13.0. The number of carbonyl (C=O) groups is 2. The summed E-state index contributed by atoms with van der Waals surface area (Å²) in [5, 5.41) is 14.2. The zero-order chi connectivity index (χ0) is 24.8. The predicted octanol–water partition coefficient (Wildman–Crippen LogP) is 2.90. The third-order valence-corrected chi connectivity index (χ3v) is 8.21. The normalized spacial score (nSPS) is 24.8. The summed E-state index contributed by atoms with van der Waals surface area (Å²) in [7, 11) is -3.99. The Kier molecular flexibility index (Phi) is 6.73. The van der Waals surface area contributed by atoms with Crippen molar-refractivity contribution in [3.63, 3.8) is 0 Å². The van der Waals surface area contributed by atoms with Crippen LogP contribution in [0.15, 0.2) is 29.2 Å². The molecule has 12 heteroatoms. The first-order valence-corrected chi connectivity index (χ1v) is 12.0. The summed E-state index contributed by atoms with van der Waals surface area (Å²) in [6.45, 7) is 5.55. The second kappa shape index (κ2) is 8.79. The molecule has 184 valence electrons. The summed E-state index contributed by atoms with van der Waals surface area (Å²) in [5.74, 6) is -0.636. The van der Waals surface area contributed by atoms with Gasteiger partial charge in [0.15, 0.2) is 0 Å². The largest absolute Gasteiger partial charge is 0.465 e. The maximum Gasteiger partial charge on any atom is 0.416 e. The molecule has 1 aliphatic heterocycles. The predicted molar refractivity (Wildman–Crippen MR) is 113 cm³/mol. The number of halogens is 3. The van der Waals surface area contributed by atoms with Crippen LogP contribution in [0.5, 0.6) is 0 Å². The van der Waals surface area contributed by atoms with Crippen LogP contribution in [0.1, 0.15) is 39.2 Å². The van der Waals surface area contributed by atoms with Crippen molar-refractivity contribution in [2.45, 2.75) is 56.8 Å². The van der Waals surface area contributed by atoms with Crippen LogP contribution < -0.4 is 10.6 Å². The smallest absolute Gasteiger partial charge is 0.416 e. The number of alkyl halides is 3. The van der Waals surface area contributed by atoms with Crippen molar-refractivity contribution in [3.05, 3.63) is 29.8 Å². The molecular formula is C21H28F3N3O5S. The van der Waals surface area contributed by atoms with E-state index in [0.717, 1.165) is 24.3 Å². The Morgan fingerprint density at radius 2 is 1.70 bits per heavy atom. The molecule has 1 heterocycles. The van der Waals surface area contributed by atoms with Crippen LogP contribution in [0, 0.1) is 17.3 Å². The molecule has 1 aliphatic carbocycles. The lowest BCUT2D eigenvalue weighted by Gasteiger charge is -2.31. The van der Waals surface area contributed by atoms with Crippen molar-refractivity contribution in [1.82, 2.24) is 14.9 Å². The van der Waals surface area contributed by atoms with E-state index in [1.165, 1.54) is 4.31 Å². The minimum Gasteiger partial charge on any atom is -0.465 e. The van der Waals surface area contributed by atoms with E-state index in [4.69, 9.17) is 5.11 Å². The second-order valence-electron chi connectivity index (χ2n) is 9.71. The van der Waals surface area contributed by atoms with Crippen LogP contribution in [0.3, 0.4) is 0 Å². The van der Waals surface area contributed by atoms with E-state index in [-0.39, 0.29) is 35.9 Å². The number of benzene rings is 1. The molecule has 0 unspecified atom stereocenters. The third kappa shape index (κ3) is 5.43. The van der Waals surface area contributed by atoms with Gasteiger partial charge in [0.1, 0.15) is 6.04 Å². The monoisotopic (exact) mass is 491 g/mol. The average molecular weight is 492 g/mol. The molecule has 1 saturated carbocycles. The van der Waals surface area contributed by atoms with E-state index in [9.17, 15) is 31.2 Å². The molecular weight excluding hydrogens is 463 g/mol. The summed E-state index contributed by atoms with van der Waals surface area (Å²) in [6.07, 6.45) is -4.55. The first kappa shape index (κ1) is 25.3. The lowest BCUT2D eigenvalue weighted by atomic mass is 9.85. The fourth-order valence-corrected chi connectivity index (χ4v) is 6.16. The van der Waals surface area contributed by atoms with Gasteiger partial charge in [-0.25, -0.2) is 13.2 Å². The van der Waals surface area contributed by atoms with Crippen LogP contribution in [-0.4, -0.2) is 55.0 Å². The second-order valence-corrected chi connectivity index (χ2v) is 11.6. The van der Waals surface area contributed by atoms with Gasteiger partial charge < -0.3 is 15.7 Å². The number of nitrogens with zero attached hydrogens (tertiary/aromatic N) is 1. The van der Waals surface area contributed by atoms with Gasteiger partial charge in [-0.05, 0) is 54.4 Å². The van der Waals surface area contributed by atoms with Gasteiger partial charge >= 0.3 is 12.3 Å². The molecule has 1 aromatic carbocycles. The van der Waals surface area contributed by atoms with Gasteiger partial charge in [0.2, 0.25) is 15.9 Å². The van der Waals surface area contributed by atoms with E-state index in [2.05, 4.69) is 10.6 Å². The zero-order valence-electron chi connectivity index (χ0n) is 18.5. The summed E-state index contributed by atoms with van der Waals surface area (Å²) < 4.78 is 65.6. The maximum absolute atomic E-state index is 13.0. The quantitative estimate of drug-likeness (QED) is 0.586. The summed E-state index contributed by atoms with van der Waals surface area (Å²) in [4.78, 5) is 23.7. The molecule has 3 N–H and O–H groups in total. The third-order valence-electron chi connectivity index (χ3n) is 6.37. The van der Waals surface area contributed by atoms with E-state index in [0.29, 0.717) is 12.8 Å². The minimum atomic E-state index is -4.56. The van der Waals surface area contributed by atoms with Gasteiger partial charge in [-0.15, -0.1) is 0 Å². The van der Waals surface area contributed by atoms with Crippen LogP contribution in [-0.2, 0) is 21.0 Å². The molecule has 3 rings (SSSR count). The number of nitrogens with one attached hydrogen (secondary N) is 2. The highest BCUT2D eigenvalue weighted by molar-refractivity contribution is 7.89. The van der Waals surface area contributed by atoms with Crippen molar-refractivity contribution in [1.29, 1.82) is 0 Å². The minimum absolute atomic E-state index is 0.0000398. The van der Waals surface area contributed by atoms with Crippen LogP contribution in [0.2, 0.25) is 0 Å². The number of hydrogen-bond donors (Lipinski definition) is 3. The molecule has 1 saturated heterocycles. The van der Waals surface area contributed by atoms with E-state index < -0.39 is 45.2 Å². The number of rotatable bonds is 5. The molecule has 0 bridgehead atoms.